The number of benzene rings is 2. The van der Waals surface area contributed by atoms with Gasteiger partial charge in [-0.3, -0.25) is 9.36 Å². The molecule has 0 saturated heterocycles. The van der Waals surface area contributed by atoms with Crippen LogP contribution in [0.15, 0.2) is 52.4 Å². The molecule has 28 heavy (non-hydrogen) atoms. The van der Waals surface area contributed by atoms with Gasteiger partial charge in [-0.25, -0.2) is 10.4 Å². The summed E-state index contributed by atoms with van der Waals surface area (Å²) < 4.78 is 6.75. The molecule has 1 heterocycles. The second-order valence-corrected chi connectivity index (χ2v) is 6.86. The summed E-state index contributed by atoms with van der Waals surface area (Å²) >= 11 is 0. The van der Waals surface area contributed by atoms with Crippen LogP contribution in [0, 0.1) is 13.8 Å². The Morgan fingerprint density at radius 3 is 2.71 bits per heavy atom. The Morgan fingerprint density at radius 2 is 1.96 bits per heavy atom. The van der Waals surface area contributed by atoms with Crippen molar-refractivity contribution in [3.05, 3.63) is 69.5 Å². The topological polar surface area (TPSA) is 68.5 Å². The average molecular weight is 378 g/mol. The molecule has 0 saturated carbocycles. The van der Waals surface area contributed by atoms with E-state index >= 15 is 0 Å². The first-order chi connectivity index (χ1) is 13.5. The third kappa shape index (κ3) is 4.28. The van der Waals surface area contributed by atoms with E-state index in [0.717, 1.165) is 11.3 Å². The minimum atomic E-state index is -0.0803. The van der Waals surface area contributed by atoms with Crippen LogP contribution in [0.1, 0.15) is 30.0 Å². The summed E-state index contributed by atoms with van der Waals surface area (Å²) in [6, 6.07) is 13.6. The second-order valence-electron chi connectivity index (χ2n) is 6.86. The molecule has 0 bridgehead atoms. The number of methoxy groups -OCH3 is 1. The molecule has 6 heteroatoms. The summed E-state index contributed by atoms with van der Waals surface area (Å²) in [5.41, 5.74) is 7.89. The number of hydrogen-bond donors (Lipinski definition) is 1. The fourth-order valence-electron chi connectivity index (χ4n) is 2.99. The standard InChI is InChI=1S/C22H26N4O2/c1-15-10-11-18(14-16(15)2)17(3)24-25-22-23-20-9-6-5-8-19(20)21(27)26(22)12-7-13-28-4/h5-6,8-11,14H,7,12-13H2,1-4H3,(H,23,25)/b24-17-. The van der Waals surface area contributed by atoms with Crippen molar-refractivity contribution < 1.29 is 4.74 Å². The third-order valence-electron chi connectivity index (χ3n) is 4.84. The van der Waals surface area contributed by atoms with Gasteiger partial charge in [-0.1, -0.05) is 24.3 Å². The number of hydrazone groups is 1. The lowest BCUT2D eigenvalue weighted by atomic mass is 10.0. The molecule has 2 aromatic carbocycles. The molecule has 0 amide bonds. The number of nitrogens with one attached hydrogen (secondary N) is 1. The zero-order valence-electron chi connectivity index (χ0n) is 16.8. The van der Waals surface area contributed by atoms with Crippen molar-refractivity contribution in [3.63, 3.8) is 0 Å². The number of aryl methyl sites for hydroxylation is 2. The number of hydrogen-bond acceptors (Lipinski definition) is 5. The van der Waals surface area contributed by atoms with Gasteiger partial charge in [0.1, 0.15) is 0 Å². The Morgan fingerprint density at radius 1 is 1.18 bits per heavy atom. The van der Waals surface area contributed by atoms with Gasteiger partial charge in [0, 0.05) is 20.3 Å². The number of para-hydroxylation sites is 1. The minimum absolute atomic E-state index is 0.0803. The van der Waals surface area contributed by atoms with E-state index in [1.165, 1.54) is 11.1 Å². The highest BCUT2D eigenvalue weighted by Gasteiger charge is 2.10. The summed E-state index contributed by atoms with van der Waals surface area (Å²) in [7, 11) is 1.65. The van der Waals surface area contributed by atoms with Crippen molar-refractivity contribution >= 4 is 22.6 Å². The van der Waals surface area contributed by atoms with Crippen LogP contribution in [-0.4, -0.2) is 29.0 Å². The normalized spacial score (nSPS) is 11.8. The zero-order valence-corrected chi connectivity index (χ0v) is 16.8. The van der Waals surface area contributed by atoms with Crippen molar-refractivity contribution in [2.24, 2.45) is 5.10 Å². The van der Waals surface area contributed by atoms with Gasteiger partial charge < -0.3 is 4.74 Å². The highest BCUT2D eigenvalue weighted by molar-refractivity contribution is 5.99. The van der Waals surface area contributed by atoms with Crippen molar-refractivity contribution in [2.45, 2.75) is 33.7 Å². The summed E-state index contributed by atoms with van der Waals surface area (Å²) in [6.45, 7) is 7.18. The number of aromatic nitrogens is 2. The average Bonchev–Trinajstić information content (AvgIpc) is 2.70. The van der Waals surface area contributed by atoms with Gasteiger partial charge in [0.15, 0.2) is 0 Å². The van der Waals surface area contributed by atoms with Crippen molar-refractivity contribution in [1.82, 2.24) is 9.55 Å². The molecular weight excluding hydrogens is 352 g/mol. The molecule has 1 N–H and O–H groups in total. The molecular formula is C22H26N4O2. The molecule has 3 rings (SSSR count). The van der Waals surface area contributed by atoms with Crippen LogP contribution in [0.5, 0.6) is 0 Å². The highest BCUT2D eigenvalue weighted by Crippen LogP contribution is 2.14. The monoisotopic (exact) mass is 378 g/mol. The van der Waals surface area contributed by atoms with Gasteiger partial charge in [0.25, 0.3) is 5.56 Å². The maximum absolute atomic E-state index is 12.9. The second kappa shape index (κ2) is 8.80. The first-order valence-corrected chi connectivity index (χ1v) is 9.37. The van der Waals surface area contributed by atoms with Crippen molar-refractivity contribution in [1.29, 1.82) is 0 Å². The molecule has 0 unspecified atom stereocenters. The Hall–Kier alpha value is -2.99. The fraction of sp³-hybridized carbons (Fsp3) is 0.318. The quantitative estimate of drug-likeness (QED) is 0.385. The number of rotatable bonds is 7. The van der Waals surface area contributed by atoms with Gasteiger partial charge in [-0.05, 0) is 62.1 Å². The van der Waals surface area contributed by atoms with Crippen LogP contribution in [-0.2, 0) is 11.3 Å². The van der Waals surface area contributed by atoms with Gasteiger partial charge in [0.2, 0.25) is 5.95 Å². The van der Waals surface area contributed by atoms with E-state index in [-0.39, 0.29) is 5.56 Å². The Bertz CT molecular complexity index is 1070. The molecule has 0 aliphatic heterocycles. The molecule has 146 valence electrons. The van der Waals surface area contributed by atoms with Crippen LogP contribution in [0.2, 0.25) is 0 Å². The highest BCUT2D eigenvalue weighted by atomic mass is 16.5. The first-order valence-electron chi connectivity index (χ1n) is 9.37. The predicted molar refractivity (Wildman–Crippen MR) is 114 cm³/mol. The molecule has 0 aliphatic carbocycles. The minimum Gasteiger partial charge on any atom is -0.385 e. The Balaban J connectivity index is 1.97. The fourth-order valence-corrected chi connectivity index (χ4v) is 2.99. The SMILES string of the molecule is COCCCn1c(N/N=C(/C)c2ccc(C)c(C)c2)nc2ccccc2c1=O. The van der Waals surface area contributed by atoms with E-state index < -0.39 is 0 Å². The lowest BCUT2D eigenvalue weighted by Gasteiger charge is -2.13. The van der Waals surface area contributed by atoms with E-state index in [1.807, 2.05) is 31.2 Å². The maximum atomic E-state index is 12.9. The summed E-state index contributed by atoms with van der Waals surface area (Å²) in [4.78, 5) is 17.5. The van der Waals surface area contributed by atoms with E-state index in [9.17, 15) is 4.79 Å². The lowest BCUT2D eigenvalue weighted by Crippen LogP contribution is -2.25. The zero-order chi connectivity index (χ0) is 20.1. The molecule has 0 fully saturated rings. The number of fused-ring (bicyclic) bond motifs is 1. The summed E-state index contributed by atoms with van der Waals surface area (Å²) in [6.07, 6.45) is 0.713. The molecule has 1 aromatic heterocycles. The number of anilines is 1. The van der Waals surface area contributed by atoms with Crippen molar-refractivity contribution in [3.8, 4) is 0 Å². The van der Waals surface area contributed by atoms with Crippen molar-refractivity contribution in [2.75, 3.05) is 19.1 Å². The van der Waals surface area contributed by atoms with Crippen LogP contribution in [0.25, 0.3) is 10.9 Å². The van der Waals surface area contributed by atoms with Gasteiger partial charge in [0.05, 0.1) is 16.6 Å². The smallest absolute Gasteiger partial charge is 0.262 e. The first kappa shape index (κ1) is 19.8. The molecule has 6 nitrogen and oxygen atoms in total. The van der Waals surface area contributed by atoms with Crippen LogP contribution in [0.4, 0.5) is 5.95 Å². The van der Waals surface area contributed by atoms with E-state index in [2.05, 4.69) is 41.5 Å². The largest absolute Gasteiger partial charge is 0.385 e. The van der Waals surface area contributed by atoms with E-state index in [0.29, 0.717) is 36.4 Å². The van der Waals surface area contributed by atoms with E-state index in [4.69, 9.17) is 4.74 Å². The van der Waals surface area contributed by atoms with Gasteiger partial charge in [-0.2, -0.15) is 5.10 Å². The van der Waals surface area contributed by atoms with Gasteiger partial charge in [-0.15, -0.1) is 0 Å². The molecule has 0 radical (unpaired) electrons. The molecule has 0 spiro atoms. The van der Waals surface area contributed by atoms with E-state index in [1.54, 1.807) is 17.7 Å². The number of nitrogens with zero attached hydrogens (tertiary/aromatic N) is 3. The van der Waals surface area contributed by atoms with Crippen LogP contribution >= 0.6 is 0 Å². The number of ether oxygens (including phenoxy) is 1. The molecule has 3 aromatic rings. The van der Waals surface area contributed by atoms with Crippen LogP contribution < -0.4 is 11.0 Å². The predicted octanol–water partition coefficient (Wildman–Crippen LogP) is 3.89. The molecule has 0 atom stereocenters. The summed E-state index contributed by atoms with van der Waals surface area (Å²) in [5.74, 6) is 0.433. The Labute approximate surface area is 164 Å². The third-order valence-corrected chi connectivity index (χ3v) is 4.84. The van der Waals surface area contributed by atoms with Gasteiger partial charge >= 0.3 is 0 Å². The summed E-state index contributed by atoms with van der Waals surface area (Å²) in [5, 5.41) is 5.08. The molecule has 0 aliphatic rings. The lowest BCUT2D eigenvalue weighted by molar-refractivity contribution is 0.190. The Kier molecular flexibility index (Phi) is 6.21. The maximum Gasteiger partial charge on any atom is 0.262 e. The van der Waals surface area contributed by atoms with Crippen LogP contribution in [0.3, 0.4) is 0 Å².